The number of rotatable bonds is 5. The number of anilines is 3. The molecule has 0 atom stereocenters. The molecular formula is C16H19ClN4O. The number of carbonyl (C=O) groups is 1. The maximum absolute atomic E-state index is 11.7. The SMILES string of the molecule is Cc1cc(Cl)ccc1Nc1ccc(NC(=O)CC(C)C)nn1. The van der Waals surface area contributed by atoms with Gasteiger partial charge < -0.3 is 10.6 Å². The minimum atomic E-state index is -0.0569. The highest BCUT2D eigenvalue weighted by Gasteiger charge is 2.07. The van der Waals surface area contributed by atoms with Gasteiger partial charge in [0, 0.05) is 17.1 Å². The summed E-state index contributed by atoms with van der Waals surface area (Å²) < 4.78 is 0. The molecule has 2 rings (SSSR count). The molecule has 0 aliphatic carbocycles. The molecule has 1 aromatic heterocycles. The number of benzene rings is 1. The third-order valence-electron chi connectivity index (χ3n) is 2.98. The summed E-state index contributed by atoms with van der Waals surface area (Å²) >= 11 is 5.93. The minimum Gasteiger partial charge on any atom is -0.339 e. The standard InChI is InChI=1S/C16H19ClN4O/c1-10(2)8-16(22)19-15-7-6-14(20-21-15)18-13-5-4-12(17)9-11(13)3/h4-7,9-10H,8H2,1-3H3,(H,18,20)(H,19,21,22). The van der Waals surface area contributed by atoms with Gasteiger partial charge in [-0.3, -0.25) is 4.79 Å². The van der Waals surface area contributed by atoms with Crippen molar-refractivity contribution < 1.29 is 4.79 Å². The first-order valence-electron chi connectivity index (χ1n) is 7.11. The molecule has 1 amide bonds. The summed E-state index contributed by atoms with van der Waals surface area (Å²) in [5.74, 6) is 1.30. The van der Waals surface area contributed by atoms with E-state index in [1.807, 2.05) is 39.0 Å². The van der Waals surface area contributed by atoms with Gasteiger partial charge in [-0.1, -0.05) is 25.4 Å². The first kappa shape index (κ1) is 16.2. The zero-order valence-corrected chi connectivity index (χ0v) is 13.6. The topological polar surface area (TPSA) is 66.9 Å². The van der Waals surface area contributed by atoms with E-state index in [0.29, 0.717) is 29.0 Å². The normalized spacial score (nSPS) is 10.6. The lowest BCUT2D eigenvalue weighted by Crippen LogP contribution is -2.15. The molecule has 0 spiro atoms. The summed E-state index contributed by atoms with van der Waals surface area (Å²) in [5.41, 5.74) is 1.93. The van der Waals surface area contributed by atoms with Crippen molar-refractivity contribution in [1.29, 1.82) is 0 Å². The van der Waals surface area contributed by atoms with Crippen molar-refractivity contribution >= 4 is 34.8 Å². The Morgan fingerprint density at radius 2 is 1.86 bits per heavy atom. The molecule has 2 aromatic rings. The fourth-order valence-electron chi connectivity index (χ4n) is 1.94. The van der Waals surface area contributed by atoms with Gasteiger partial charge in [0.05, 0.1) is 0 Å². The molecule has 1 aromatic carbocycles. The van der Waals surface area contributed by atoms with Gasteiger partial charge in [0.25, 0.3) is 0 Å². The molecule has 0 unspecified atom stereocenters. The van der Waals surface area contributed by atoms with Gasteiger partial charge in [0.1, 0.15) is 0 Å². The van der Waals surface area contributed by atoms with E-state index in [-0.39, 0.29) is 5.91 Å². The smallest absolute Gasteiger partial charge is 0.225 e. The summed E-state index contributed by atoms with van der Waals surface area (Å²) in [4.78, 5) is 11.7. The van der Waals surface area contributed by atoms with Gasteiger partial charge in [-0.25, -0.2) is 0 Å². The van der Waals surface area contributed by atoms with E-state index >= 15 is 0 Å². The molecule has 0 aliphatic rings. The Morgan fingerprint density at radius 3 is 2.45 bits per heavy atom. The maximum Gasteiger partial charge on any atom is 0.225 e. The van der Waals surface area contributed by atoms with Crippen LogP contribution in [0.2, 0.25) is 5.02 Å². The molecule has 6 heteroatoms. The molecule has 2 N–H and O–H groups in total. The number of hydrogen-bond donors (Lipinski definition) is 2. The van der Waals surface area contributed by atoms with E-state index in [9.17, 15) is 4.79 Å². The number of halogens is 1. The molecular weight excluding hydrogens is 300 g/mol. The van der Waals surface area contributed by atoms with Gasteiger partial charge in [-0.2, -0.15) is 0 Å². The van der Waals surface area contributed by atoms with Crippen molar-refractivity contribution in [2.45, 2.75) is 27.2 Å². The molecule has 1 heterocycles. The summed E-state index contributed by atoms with van der Waals surface area (Å²) in [5, 5.41) is 14.6. The van der Waals surface area contributed by atoms with Crippen LogP contribution >= 0.6 is 11.6 Å². The van der Waals surface area contributed by atoms with Crippen LogP contribution < -0.4 is 10.6 Å². The number of aryl methyl sites for hydroxylation is 1. The van der Waals surface area contributed by atoms with Crippen LogP contribution in [-0.4, -0.2) is 16.1 Å². The third-order valence-corrected chi connectivity index (χ3v) is 3.21. The van der Waals surface area contributed by atoms with E-state index in [4.69, 9.17) is 11.6 Å². The van der Waals surface area contributed by atoms with E-state index in [1.54, 1.807) is 12.1 Å². The van der Waals surface area contributed by atoms with Crippen LogP contribution in [-0.2, 0) is 4.79 Å². The Bertz CT molecular complexity index is 656. The molecule has 0 radical (unpaired) electrons. The molecule has 0 aliphatic heterocycles. The molecule has 0 fully saturated rings. The van der Waals surface area contributed by atoms with E-state index in [2.05, 4.69) is 20.8 Å². The largest absolute Gasteiger partial charge is 0.339 e. The summed E-state index contributed by atoms with van der Waals surface area (Å²) in [6.45, 7) is 5.95. The number of aromatic nitrogens is 2. The number of amides is 1. The number of nitrogens with zero attached hydrogens (tertiary/aromatic N) is 2. The second-order valence-electron chi connectivity index (χ2n) is 5.53. The fraction of sp³-hybridized carbons (Fsp3) is 0.312. The zero-order valence-electron chi connectivity index (χ0n) is 12.9. The summed E-state index contributed by atoms with van der Waals surface area (Å²) in [7, 11) is 0. The van der Waals surface area contributed by atoms with Crippen molar-refractivity contribution in [3.05, 3.63) is 40.9 Å². The van der Waals surface area contributed by atoms with Gasteiger partial charge >= 0.3 is 0 Å². The highest BCUT2D eigenvalue weighted by atomic mass is 35.5. The van der Waals surface area contributed by atoms with Gasteiger partial charge in [-0.05, 0) is 48.7 Å². The van der Waals surface area contributed by atoms with Crippen molar-refractivity contribution in [2.24, 2.45) is 5.92 Å². The number of nitrogens with one attached hydrogen (secondary N) is 2. The molecule has 116 valence electrons. The Kier molecular flexibility index (Phi) is 5.33. The first-order valence-corrected chi connectivity index (χ1v) is 7.48. The van der Waals surface area contributed by atoms with Crippen LogP contribution in [0, 0.1) is 12.8 Å². The predicted molar refractivity (Wildman–Crippen MR) is 89.6 cm³/mol. The Hall–Kier alpha value is -2.14. The zero-order chi connectivity index (χ0) is 16.1. The van der Waals surface area contributed by atoms with E-state index in [1.165, 1.54) is 0 Å². The lowest BCUT2D eigenvalue weighted by molar-refractivity contribution is -0.116. The minimum absolute atomic E-state index is 0.0569. The Balaban J connectivity index is 2.01. The van der Waals surface area contributed by atoms with Gasteiger partial charge in [-0.15, -0.1) is 10.2 Å². The molecule has 22 heavy (non-hydrogen) atoms. The molecule has 0 saturated heterocycles. The van der Waals surface area contributed by atoms with Crippen molar-refractivity contribution in [1.82, 2.24) is 10.2 Å². The van der Waals surface area contributed by atoms with Crippen molar-refractivity contribution in [3.63, 3.8) is 0 Å². The molecule has 0 saturated carbocycles. The highest BCUT2D eigenvalue weighted by molar-refractivity contribution is 6.30. The quantitative estimate of drug-likeness (QED) is 0.868. The Morgan fingerprint density at radius 1 is 1.18 bits per heavy atom. The van der Waals surface area contributed by atoms with Crippen LogP contribution in [0.4, 0.5) is 17.3 Å². The number of hydrogen-bond acceptors (Lipinski definition) is 4. The second kappa shape index (κ2) is 7.22. The summed E-state index contributed by atoms with van der Waals surface area (Å²) in [6.07, 6.45) is 0.464. The predicted octanol–water partition coefficient (Wildman–Crippen LogP) is 4.17. The van der Waals surface area contributed by atoms with Gasteiger partial charge in [0.2, 0.25) is 5.91 Å². The van der Waals surface area contributed by atoms with Crippen molar-refractivity contribution in [3.8, 4) is 0 Å². The van der Waals surface area contributed by atoms with Crippen LogP contribution in [0.15, 0.2) is 30.3 Å². The summed E-state index contributed by atoms with van der Waals surface area (Å²) in [6, 6.07) is 9.06. The third kappa shape index (κ3) is 4.70. The van der Waals surface area contributed by atoms with Crippen LogP contribution in [0.5, 0.6) is 0 Å². The van der Waals surface area contributed by atoms with E-state index in [0.717, 1.165) is 11.3 Å². The average Bonchev–Trinajstić information content (AvgIpc) is 2.43. The molecule has 0 bridgehead atoms. The highest BCUT2D eigenvalue weighted by Crippen LogP contribution is 2.22. The lowest BCUT2D eigenvalue weighted by atomic mass is 10.1. The fourth-order valence-corrected chi connectivity index (χ4v) is 2.16. The first-order chi connectivity index (χ1) is 10.4. The van der Waals surface area contributed by atoms with Crippen LogP contribution in [0.25, 0.3) is 0 Å². The van der Waals surface area contributed by atoms with E-state index < -0.39 is 0 Å². The Labute approximate surface area is 135 Å². The monoisotopic (exact) mass is 318 g/mol. The van der Waals surface area contributed by atoms with Crippen molar-refractivity contribution in [2.75, 3.05) is 10.6 Å². The van der Waals surface area contributed by atoms with Gasteiger partial charge in [0.15, 0.2) is 11.6 Å². The number of carbonyl (C=O) groups excluding carboxylic acids is 1. The van der Waals surface area contributed by atoms with Crippen LogP contribution in [0.3, 0.4) is 0 Å². The molecule has 5 nitrogen and oxygen atoms in total. The second-order valence-corrected chi connectivity index (χ2v) is 5.97. The van der Waals surface area contributed by atoms with Crippen LogP contribution in [0.1, 0.15) is 25.8 Å². The lowest BCUT2D eigenvalue weighted by Gasteiger charge is -2.09. The average molecular weight is 319 g/mol. The maximum atomic E-state index is 11.7.